The summed E-state index contributed by atoms with van der Waals surface area (Å²) < 4.78 is 15.8. The Morgan fingerprint density at radius 3 is 2.19 bits per heavy atom. The highest BCUT2D eigenvalue weighted by atomic mass is 16.6. The van der Waals surface area contributed by atoms with Crippen LogP contribution in [0.2, 0.25) is 0 Å². The zero-order chi connectivity index (χ0) is 20.3. The summed E-state index contributed by atoms with van der Waals surface area (Å²) in [5.41, 5.74) is 1.25. The minimum Gasteiger partial charge on any atom is -0.490 e. The number of carbonyl (C=O) groups excluding carboxylic acids is 2. The van der Waals surface area contributed by atoms with E-state index >= 15 is 0 Å². The van der Waals surface area contributed by atoms with E-state index in [-0.39, 0.29) is 19.3 Å². The normalized spacial score (nSPS) is 13.1. The van der Waals surface area contributed by atoms with E-state index in [4.69, 9.17) is 14.2 Å². The van der Waals surface area contributed by atoms with Crippen molar-refractivity contribution >= 4 is 11.9 Å². The predicted octanol–water partition coefficient (Wildman–Crippen LogP) is 5.26. The maximum atomic E-state index is 11.8. The van der Waals surface area contributed by atoms with Gasteiger partial charge in [0.1, 0.15) is 12.7 Å². The van der Waals surface area contributed by atoms with Gasteiger partial charge < -0.3 is 14.2 Å². The van der Waals surface area contributed by atoms with Crippen molar-refractivity contribution < 1.29 is 23.8 Å². The largest absolute Gasteiger partial charge is 0.490 e. The molecule has 0 aliphatic heterocycles. The topological polar surface area (TPSA) is 61.8 Å². The first-order valence-corrected chi connectivity index (χ1v) is 10.1. The Morgan fingerprint density at radius 2 is 1.59 bits per heavy atom. The van der Waals surface area contributed by atoms with Crippen LogP contribution in [0.25, 0.3) is 0 Å². The van der Waals surface area contributed by atoms with Crippen LogP contribution in [0.5, 0.6) is 0 Å². The highest BCUT2D eigenvalue weighted by molar-refractivity contribution is 5.91. The summed E-state index contributed by atoms with van der Waals surface area (Å²) in [4.78, 5) is 23.0. The molecule has 0 saturated heterocycles. The Labute approximate surface area is 164 Å². The van der Waals surface area contributed by atoms with Gasteiger partial charge >= 0.3 is 11.9 Å². The summed E-state index contributed by atoms with van der Waals surface area (Å²) in [5, 5.41) is 0. The molecule has 154 valence electrons. The molecule has 0 spiro atoms. The minimum atomic E-state index is -0.593. The highest BCUT2D eigenvalue weighted by Crippen LogP contribution is 2.12. The Hall–Kier alpha value is -2.04. The third-order valence-electron chi connectivity index (χ3n) is 3.82. The van der Waals surface area contributed by atoms with E-state index in [1.807, 2.05) is 6.08 Å². The molecule has 0 saturated carbocycles. The second kappa shape index (κ2) is 17.4. The fourth-order valence-electron chi connectivity index (χ4n) is 2.16. The maximum absolute atomic E-state index is 11.8. The lowest BCUT2D eigenvalue weighted by atomic mass is 10.1. The van der Waals surface area contributed by atoms with Crippen molar-refractivity contribution in [2.45, 2.75) is 78.7 Å². The van der Waals surface area contributed by atoms with E-state index in [1.165, 1.54) is 5.57 Å². The van der Waals surface area contributed by atoms with Crippen LogP contribution >= 0.6 is 0 Å². The molecule has 0 rings (SSSR count). The first-order valence-electron chi connectivity index (χ1n) is 10.1. The Morgan fingerprint density at radius 1 is 0.926 bits per heavy atom. The average Bonchev–Trinajstić information content (AvgIpc) is 2.67. The molecule has 0 fully saturated rings. The molecule has 0 heterocycles. The number of carbonyl (C=O) groups is 2. The van der Waals surface area contributed by atoms with Crippen LogP contribution in [-0.2, 0) is 23.8 Å². The molecule has 0 aromatic carbocycles. The molecule has 0 radical (unpaired) electrons. The van der Waals surface area contributed by atoms with Crippen LogP contribution in [0.3, 0.4) is 0 Å². The van der Waals surface area contributed by atoms with Crippen molar-refractivity contribution in [1.82, 2.24) is 0 Å². The first kappa shape index (κ1) is 25.0. The second-order valence-electron chi connectivity index (χ2n) is 6.19. The van der Waals surface area contributed by atoms with Crippen LogP contribution < -0.4 is 0 Å². The molecule has 1 atom stereocenters. The molecule has 1 unspecified atom stereocenters. The van der Waals surface area contributed by atoms with Gasteiger partial charge in [-0.3, -0.25) is 0 Å². The van der Waals surface area contributed by atoms with Crippen molar-refractivity contribution in [3.8, 4) is 0 Å². The number of hydrogen-bond donors (Lipinski definition) is 0. The van der Waals surface area contributed by atoms with Gasteiger partial charge in [-0.05, 0) is 44.3 Å². The van der Waals surface area contributed by atoms with Crippen molar-refractivity contribution in [2.24, 2.45) is 0 Å². The molecule has 0 aromatic rings. The van der Waals surface area contributed by atoms with Gasteiger partial charge in [0, 0.05) is 12.2 Å². The van der Waals surface area contributed by atoms with Gasteiger partial charge in [-0.25, -0.2) is 9.59 Å². The summed E-state index contributed by atoms with van der Waals surface area (Å²) in [5.74, 6) is -1.16. The van der Waals surface area contributed by atoms with Gasteiger partial charge in [-0.1, -0.05) is 46.1 Å². The average molecular weight is 381 g/mol. The second-order valence-corrected chi connectivity index (χ2v) is 6.19. The summed E-state index contributed by atoms with van der Waals surface area (Å²) in [6.07, 6.45) is 15.0. The lowest BCUT2D eigenvalue weighted by molar-refractivity contribution is -0.141. The van der Waals surface area contributed by atoms with Crippen LogP contribution in [-0.4, -0.2) is 31.3 Å². The Kier molecular flexibility index (Phi) is 16.1. The van der Waals surface area contributed by atoms with Gasteiger partial charge in [-0.2, -0.15) is 0 Å². The molecule has 0 N–H and O–H groups in total. The molecule has 0 aliphatic carbocycles. The molecule has 5 nitrogen and oxygen atoms in total. The Balaban J connectivity index is 4.70. The van der Waals surface area contributed by atoms with E-state index in [2.05, 4.69) is 26.8 Å². The van der Waals surface area contributed by atoms with Gasteiger partial charge in [-0.15, -0.1) is 0 Å². The van der Waals surface area contributed by atoms with Gasteiger partial charge in [0.25, 0.3) is 0 Å². The van der Waals surface area contributed by atoms with E-state index < -0.39 is 11.9 Å². The highest BCUT2D eigenvalue weighted by Gasteiger charge is 2.09. The van der Waals surface area contributed by atoms with Crippen LogP contribution in [0, 0.1) is 0 Å². The van der Waals surface area contributed by atoms with Crippen molar-refractivity contribution in [3.63, 3.8) is 0 Å². The molecule has 5 heteroatoms. The molecule has 0 amide bonds. The zero-order valence-electron chi connectivity index (χ0n) is 17.4. The summed E-state index contributed by atoms with van der Waals surface area (Å²) in [7, 11) is 0. The third-order valence-corrected chi connectivity index (χ3v) is 3.82. The molecular formula is C22H36O5. The molecule has 0 bridgehead atoms. The van der Waals surface area contributed by atoms with E-state index in [1.54, 1.807) is 13.2 Å². The van der Waals surface area contributed by atoms with Gasteiger partial charge in [0.15, 0.2) is 0 Å². The van der Waals surface area contributed by atoms with E-state index in [9.17, 15) is 9.59 Å². The van der Waals surface area contributed by atoms with E-state index in [0.717, 1.165) is 57.1 Å². The standard InChI is InChI=1S/C22H36O5/c1-5-9-11-12-14-20(26-17-19(7-3)13-10-6-2)18-27-22(24)16-15-21(23)25-8-4/h12,14-17,20H,5-11,13,18H2,1-4H3/b14-12?,16-15+,19-17?. The number of ether oxygens (including phenoxy) is 3. The number of hydrogen-bond acceptors (Lipinski definition) is 5. The quantitative estimate of drug-likeness (QED) is 0.127. The fraction of sp³-hybridized carbons (Fsp3) is 0.636. The molecular weight excluding hydrogens is 344 g/mol. The van der Waals surface area contributed by atoms with Gasteiger partial charge in [0.05, 0.1) is 12.9 Å². The van der Waals surface area contributed by atoms with E-state index in [0.29, 0.717) is 0 Å². The SMILES string of the molecule is CCCCC=CC(COC(=O)/C=C/C(=O)OCC)OC=C(CC)CCCC. The molecule has 0 aromatic heterocycles. The van der Waals surface area contributed by atoms with Crippen molar-refractivity contribution in [2.75, 3.05) is 13.2 Å². The fourth-order valence-corrected chi connectivity index (χ4v) is 2.16. The summed E-state index contributed by atoms with van der Waals surface area (Å²) >= 11 is 0. The zero-order valence-corrected chi connectivity index (χ0v) is 17.4. The van der Waals surface area contributed by atoms with Crippen molar-refractivity contribution in [3.05, 3.63) is 36.1 Å². The lowest BCUT2D eigenvalue weighted by Gasteiger charge is -2.14. The van der Waals surface area contributed by atoms with Crippen LogP contribution in [0.4, 0.5) is 0 Å². The minimum absolute atomic E-state index is 0.0932. The molecule has 27 heavy (non-hydrogen) atoms. The van der Waals surface area contributed by atoms with Crippen molar-refractivity contribution in [1.29, 1.82) is 0 Å². The monoisotopic (exact) mass is 380 g/mol. The number of allylic oxidation sites excluding steroid dienone is 2. The molecule has 0 aliphatic rings. The lowest BCUT2D eigenvalue weighted by Crippen LogP contribution is -2.18. The maximum Gasteiger partial charge on any atom is 0.331 e. The van der Waals surface area contributed by atoms with Gasteiger partial charge in [0.2, 0.25) is 0 Å². The number of rotatable bonds is 15. The smallest absolute Gasteiger partial charge is 0.331 e. The third kappa shape index (κ3) is 14.8. The number of esters is 2. The number of unbranched alkanes of at least 4 members (excludes halogenated alkanes) is 3. The van der Waals surface area contributed by atoms with Crippen LogP contribution in [0.1, 0.15) is 72.6 Å². The summed E-state index contributed by atoms with van der Waals surface area (Å²) in [6, 6.07) is 0. The summed E-state index contributed by atoms with van der Waals surface area (Å²) in [6.45, 7) is 8.48. The van der Waals surface area contributed by atoms with Crippen LogP contribution in [0.15, 0.2) is 36.1 Å². The first-order chi connectivity index (χ1) is 13.1. The predicted molar refractivity (Wildman–Crippen MR) is 108 cm³/mol. The Bertz CT molecular complexity index is 491.